The van der Waals surface area contributed by atoms with Gasteiger partial charge in [-0.1, -0.05) is 128 Å². The number of likely N-dealkylation sites (tertiary alicyclic amines) is 1. The summed E-state index contributed by atoms with van der Waals surface area (Å²) in [5, 5.41) is 8.05. The number of hydrogen-bond acceptors (Lipinski definition) is 13. The number of likely N-dealkylation sites (N-methyl/N-ethyl adjacent to an activating group) is 7. The van der Waals surface area contributed by atoms with Crippen LogP contribution in [0.25, 0.3) is 0 Å². The van der Waals surface area contributed by atoms with E-state index in [1.807, 2.05) is 20.8 Å². The van der Waals surface area contributed by atoms with Gasteiger partial charge in [-0.3, -0.25) is 57.5 Å². The predicted molar refractivity (Wildman–Crippen MR) is 386 cm³/mol. The predicted octanol–water partition coefficient (Wildman–Crippen LogP) is 6.46. The SMILES string of the molecule is CC[C@H](C)[C@@H]1NC(=O)[C@H](CC(C)C)N(C)C(=O)C[C@@H](C(=O)N2CCCCC2)N(C)C(=O)[C@H](C2CCCCC2)N(C)C(=O)C2(CCCC2)NC(=O)CN(C/C=C/COC)C(=O)[C@H](CCc2ccc(C(F)(F)F)c(Cl)c2)NC(=O)CN(C)C(=O)[C@H](CC2CCCCC2)N(C)C(=O)CN(C)C(=O)CN(C)C1=O. The summed E-state index contributed by atoms with van der Waals surface area (Å²) in [6, 6.07) is -4.57. The molecule has 0 aromatic heterocycles. The number of aryl methyl sites for hydroxylation is 1. The monoisotopic (exact) mass is 1480 g/mol. The number of alkyl halides is 3. The van der Waals surface area contributed by atoms with Crippen molar-refractivity contribution in [1.29, 1.82) is 0 Å². The van der Waals surface area contributed by atoms with Crippen molar-refractivity contribution < 1.29 is 75.4 Å². The molecule has 5 fully saturated rings. The molecule has 3 saturated carbocycles. The van der Waals surface area contributed by atoms with E-state index in [1.165, 1.54) is 82.1 Å². The number of amides is 12. The highest BCUT2D eigenvalue weighted by Crippen LogP contribution is 2.38. The largest absolute Gasteiger partial charge is 0.417 e. The van der Waals surface area contributed by atoms with Crippen molar-refractivity contribution in [2.45, 2.75) is 223 Å². The van der Waals surface area contributed by atoms with Crippen LogP contribution in [-0.4, -0.2) is 266 Å². The van der Waals surface area contributed by atoms with E-state index in [1.54, 1.807) is 24.0 Å². The topological polar surface area (TPSA) is 279 Å². The molecule has 582 valence electrons. The average Bonchev–Trinajstić information content (AvgIpc) is 1.44. The summed E-state index contributed by atoms with van der Waals surface area (Å²) in [5.74, 6) is -9.16. The van der Waals surface area contributed by atoms with E-state index in [4.69, 9.17) is 16.3 Å². The fraction of sp³-hybridized carbons (Fsp3) is 0.733. The number of hydrogen-bond donors (Lipinski definition) is 3. The zero-order valence-electron chi connectivity index (χ0n) is 63.4. The molecular formula is C75H116ClF3N12O13. The van der Waals surface area contributed by atoms with Gasteiger partial charge in [-0.05, 0) is 112 Å². The van der Waals surface area contributed by atoms with Crippen molar-refractivity contribution in [3.05, 3.63) is 46.5 Å². The molecule has 2 heterocycles. The van der Waals surface area contributed by atoms with E-state index in [0.29, 0.717) is 58.0 Å². The number of ether oxygens (including phenoxy) is 1. The molecule has 1 aromatic rings. The fourth-order valence-corrected chi connectivity index (χ4v) is 15.6. The lowest BCUT2D eigenvalue weighted by Gasteiger charge is -2.43. The van der Waals surface area contributed by atoms with Gasteiger partial charge in [0.15, 0.2) is 0 Å². The molecule has 0 unspecified atom stereocenters. The normalized spacial score (nSPS) is 25.2. The number of nitrogens with one attached hydrogen (secondary N) is 3. The Hall–Kier alpha value is -7.36. The highest BCUT2D eigenvalue weighted by molar-refractivity contribution is 6.31. The lowest BCUT2D eigenvalue weighted by Crippen LogP contribution is -2.64. The number of rotatable bonds is 15. The highest BCUT2D eigenvalue weighted by atomic mass is 35.5. The van der Waals surface area contributed by atoms with Crippen molar-refractivity contribution in [1.82, 2.24) is 60.0 Å². The summed E-state index contributed by atoms with van der Waals surface area (Å²) in [4.78, 5) is 191. The standard InChI is InChI=1S/C75H116ClF3N12O13/c1-13-50(4)65-71(101)85(7)47-63(95)83(5)48-64(96)87(9)58(43-51-27-17-14-18-28-51)69(99)84(6)45-60(92)80-56(34-32-52-31-33-54(55(76)42-52)75(77,78)79)68(98)91(39-25-26-40-104-12)46-61(93)82-74(35-21-22-36-74)73(103)89(11)66(53-29-19-15-20-30-53)72(102)88(10)59(70(100)90-37-23-16-24-38-90)44-62(94)86(8)57(41-49(2)3)67(97)81-65/h25-26,31,33,42,49-51,53,56-59,65-66H,13-24,27-30,32,34-41,43-48H2,1-12H3,(H,80,92)(H,81,97)(H,82,93)/b26-25+/t50-,56-,57-,58-,59-,65-,66-/m0/s1. The van der Waals surface area contributed by atoms with Crippen molar-refractivity contribution in [2.24, 2.45) is 23.7 Å². The zero-order chi connectivity index (χ0) is 76.9. The molecule has 3 aliphatic carbocycles. The van der Waals surface area contributed by atoms with Crippen LogP contribution in [0.15, 0.2) is 30.4 Å². The van der Waals surface area contributed by atoms with Crippen LogP contribution in [-0.2, 0) is 74.9 Å². The van der Waals surface area contributed by atoms with Crippen molar-refractivity contribution >= 4 is 82.5 Å². The Morgan fingerprint density at radius 3 is 1.85 bits per heavy atom. The van der Waals surface area contributed by atoms with Gasteiger partial charge < -0.3 is 64.8 Å². The number of carbonyl (C=O) groups is 12. The molecule has 3 N–H and O–H groups in total. The third-order valence-electron chi connectivity index (χ3n) is 21.9. The third kappa shape index (κ3) is 23.3. The number of methoxy groups -OCH3 is 1. The number of benzene rings is 1. The number of carbonyl (C=O) groups excluding carboxylic acids is 12. The third-order valence-corrected chi connectivity index (χ3v) is 22.2. The van der Waals surface area contributed by atoms with E-state index in [-0.39, 0.29) is 69.1 Å². The minimum Gasteiger partial charge on any atom is -0.381 e. The van der Waals surface area contributed by atoms with Crippen molar-refractivity contribution in [3.8, 4) is 0 Å². The first-order valence-electron chi connectivity index (χ1n) is 37.4. The molecule has 0 bridgehead atoms. The van der Waals surface area contributed by atoms with Crippen LogP contribution < -0.4 is 16.0 Å². The van der Waals surface area contributed by atoms with Crippen molar-refractivity contribution in [3.63, 3.8) is 0 Å². The quantitative estimate of drug-likeness (QED) is 0.159. The van der Waals surface area contributed by atoms with Gasteiger partial charge in [0.2, 0.25) is 70.9 Å². The summed E-state index contributed by atoms with van der Waals surface area (Å²) >= 11 is 6.18. The van der Waals surface area contributed by atoms with Crippen LogP contribution in [0, 0.1) is 23.7 Å². The maximum Gasteiger partial charge on any atom is 0.417 e. The van der Waals surface area contributed by atoms with Gasteiger partial charge in [-0.2, -0.15) is 13.2 Å². The Kier molecular flexibility index (Phi) is 32.8. The Morgan fingerprint density at radius 2 is 1.25 bits per heavy atom. The minimum atomic E-state index is -4.78. The molecule has 5 aliphatic rings. The van der Waals surface area contributed by atoms with Crippen LogP contribution in [0.4, 0.5) is 13.2 Å². The Labute approximate surface area is 617 Å². The fourth-order valence-electron chi connectivity index (χ4n) is 15.3. The first-order valence-corrected chi connectivity index (χ1v) is 37.8. The van der Waals surface area contributed by atoms with Gasteiger partial charge >= 0.3 is 6.18 Å². The van der Waals surface area contributed by atoms with Crippen LogP contribution in [0.1, 0.15) is 180 Å². The van der Waals surface area contributed by atoms with Gasteiger partial charge in [-0.25, -0.2) is 0 Å². The second-order valence-corrected chi connectivity index (χ2v) is 30.6. The van der Waals surface area contributed by atoms with E-state index < -0.39 is 174 Å². The van der Waals surface area contributed by atoms with Gasteiger partial charge in [-0.15, -0.1) is 0 Å². The molecule has 104 heavy (non-hydrogen) atoms. The van der Waals surface area contributed by atoms with Gasteiger partial charge in [0.25, 0.3) is 0 Å². The maximum atomic E-state index is 15.8. The Bertz CT molecular complexity index is 3190. The van der Waals surface area contributed by atoms with Gasteiger partial charge in [0, 0.05) is 76.1 Å². The molecule has 1 spiro atoms. The zero-order valence-corrected chi connectivity index (χ0v) is 64.2. The highest BCUT2D eigenvalue weighted by Gasteiger charge is 2.50. The molecule has 25 nitrogen and oxygen atoms in total. The molecule has 0 radical (unpaired) electrons. The van der Waals surface area contributed by atoms with E-state index >= 15 is 28.8 Å². The molecule has 1 aromatic carbocycles. The van der Waals surface area contributed by atoms with Crippen LogP contribution >= 0.6 is 11.6 Å². The number of halogens is 4. The second kappa shape index (κ2) is 39.8. The van der Waals surface area contributed by atoms with Gasteiger partial charge in [0.05, 0.1) is 49.8 Å². The van der Waals surface area contributed by atoms with E-state index in [0.717, 1.165) is 89.5 Å². The van der Waals surface area contributed by atoms with E-state index in [2.05, 4.69) is 16.0 Å². The Balaban J connectivity index is 1.46. The summed E-state index contributed by atoms with van der Waals surface area (Å²) < 4.78 is 47.1. The summed E-state index contributed by atoms with van der Waals surface area (Å²) in [6.45, 7) is 5.47. The lowest BCUT2D eigenvalue weighted by molar-refractivity contribution is -0.157. The first-order chi connectivity index (χ1) is 49.1. The molecule has 7 atom stereocenters. The smallest absolute Gasteiger partial charge is 0.381 e. The molecule has 29 heteroatoms. The molecule has 2 aliphatic heterocycles. The molecule has 12 amide bonds. The molecule has 2 saturated heterocycles. The summed E-state index contributed by atoms with van der Waals surface area (Å²) in [7, 11) is 11.4. The van der Waals surface area contributed by atoms with Crippen LogP contribution in [0.5, 0.6) is 0 Å². The van der Waals surface area contributed by atoms with Crippen LogP contribution in [0.3, 0.4) is 0 Å². The summed E-state index contributed by atoms with van der Waals surface area (Å²) in [5.41, 5.74) is -2.44. The van der Waals surface area contributed by atoms with Crippen LogP contribution in [0.2, 0.25) is 5.02 Å². The summed E-state index contributed by atoms with van der Waals surface area (Å²) in [6.07, 6.45) is 9.30. The second-order valence-electron chi connectivity index (χ2n) is 30.2. The number of piperidine rings is 1. The average molecular weight is 1490 g/mol. The maximum absolute atomic E-state index is 15.8. The Morgan fingerprint density at radius 1 is 0.654 bits per heavy atom. The molecule has 6 rings (SSSR count). The van der Waals surface area contributed by atoms with Crippen molar-refractivity contribution in [2.75, 3.05) is 109 Å². The number of nitrogens with zero attached hydrogens (tertiary/aromatic N) is 9. The van der Waals surface area contributed by atoms with E-state index in [9.17, 15) is 41.9 Å². The lowest BCUT2D eigenvalue weighted by atomic mass is 9.81. The first kappa shape index (κ1) is 85.6. The minimum absolute atomic E-state index is 0.00182. The van der Waals surface area contributed by atoms with Gasteiger partial charge in [0.1, 0.15) is 41.8 Å². The molecular weight excluding hydrogens is 1370 g/mol.